The molecule has 1 fully saturated rings. The number of hydrogen-bond donors (Lipinski definition) is 1. The van der Waals surface area contributed by atoms with Crippen LogP contribution in [0.3, 0.4) is 0 Å². The van der Waals surface area contributed by atoms with Gasteiger partial charge < -0.3 is 10.5 Å². The van der Waals surface area contributed by atoms with Crippen LogP contribution in [0, 0.1) is 5.41 Å². The summed E-state index contributed by atoms with van der Waals surface area (Å²) in [5.41, 5.74) is 7.41. The molecular weight excluding hydrogens is 272 g/mol. The third kappa shape index (κ3) is 3.53. The Balaban J connectivity index is 2.07. The first-order valence-corrected chi connectivity index (χ1v) is 7.68. The lowest BCUT2D eigenvalue weighted by Gasteiger charge is -2.41. The minimum Gasteiger partial charge on any atom is -0.381 e. The van der Waals surface area contributed by atoms with Crippen LogP contribution in [0.5, 0.6) is 0 Å². The molecule has 0 spiro atoms. The first-order chi connectivity index (χ1) is 9.58. The molecule has 20 heavy (non-hydrogen) atoms. The van der Waals surface area contributed by atoms with E-state index in [1.807, 2.05) is 18.2 Å². The molecule has 0 amide bonds. The van der Waals surface area contributed by atoms with Crippen molar-refractivity contribution in [2.24, 2.45) is 11.1 Å². The molecule has 1 aromatic carbocycles. The van der Waals surface area contributed by atoms with Gasteiger partial charge in [0.25, 0.3) is 0 Å². The standard InChI is InChI=1S/C16H25ClN2O/c1-13(14-5-3-4-6-15(14)17)19(2)12-16(11-18)7-9-20-10-8-16/h3-6,13H,7-12,18H2,1-2H3. The largest absolute Gasteiger partial charge is 0.381 e. The SMILES string of the molecule is CC(c1ccccc1Cl)N(C)CC1(CN)CCOCC1. The summed E-state index contributed by atoms with van der Waals surface area (Å²) in [6, 6.07) is 8.35. The van der Waals surface area contributed by atoms with Gasteiger partial charge >= 0.3 is 0 Å². The molecule has 2 N–H and O–H groups in total. The number of benzene rings is 1. The predicted molar refractivity (Wildman–Crippen MR) is 84.0 cm³/mol. The van der Waals surface area contributed by atoms with Crippen molar-refractivity contribution in [1.29, 1.82) is 0 Å². The molecule has 1 unspecified atom stereocenters. The van der Waals surface area contributed by atoms with Gasteiger partial charge in [0.05, 0.1) is 0 Å². The van der Waals surface area contributed by atoms with Crippen molar-refractivity contribution < 1.29 is 4.74 Å². The fourth-order valence-electron chi connectivity index (χ4n) is 2.95. The summed E-state index contributed by atoms with van der Waals surface area (Å²) in [6.07, 6.45) is 2.09. The van der Waals surface area contributed by atoms with Crippen molar-refractivity contribution in [2.45, 2.75) is 25.8 Å². The van der Waals surface area contributed by atoms with Crippen molar-refractivity contribution in [2.75, 3.05) is 33.4 Å². The molecule has 2 rings (SSSR count). The molecule has 1 heterocycles. The van der Waals surface area contributed by atoms with Gasteiger partial charge in [0, 0.05) is 30.8 Å². The van der Waals surface area contributed by atoms with E-state index in [1.54, 1.807) is 0 Å². The van der Waals surface area contributed by atoms with Crippen LogP contribution in [0.15, 0.2) is 24.3 Å². The van der Waals surface area contributed by atoms with E-state index in [1.165, 1.54) is 5.56 Å². The Bertz CT molecular complexity index is 432. The quantitative estimate of drug-likeness (QED) is 0.907. The molecule has 0 radical (unpaired) electrons. The fraction of sp³-hybridized carbons (Fsp3) is 0.625. The molecule has 1 aliphatic heterocycles. The minimum atomic E-state index is 0.183. The highest BCUT2D eigenvalue weighted by molar-refractivity contribution is 6.31. The smallest absolute Gasteiger partial charge is 0.0472 e. The van der Waals surface area contributed by atoms with Crippen molar-refractivity contribution >= 4 is 11.6 Å². The summed E-state index contributed by atoms with van der Waals surface area (Å²) in [5, 5.41) is 0.834. The Kier molecular flexibility index (Phi) is 5.44. The molecule has 1 atom stereocenters. The van der Waals surface area contributed by atoms with Gasteiger partial charge in [-0.15, -0.1) is 0 Å². The van der Waals surface area contributed by atoms with Gasteiger partial charge in [-0.3, -0.25) is 4.90 Å². The lowest BCUT2D eigenvalue weighted by atomic mass is 9.79. The second-order valence-corrected chi connectivity index (χ2v) is 6.34. The molecule has 0 aromatic heterocycles. The number of ether oxygens (including phenoxy) is 1. The van der Waals surface area contributed by atoms with E-state index in [0.717, 1.165) is 44.2 Å². The first-order valence-electron chi connectivity index (χ1n) is 7.30. The Hall–Kier alpha value is -0.610. The molecule has 4 heteroatoms. The molecule has 0 aliphatic carbocycles. The zero-order valence-electron chi connectivity index (χ0n) is 12.4. The van der Waals surface area contributed by atoms with E-state index in [0.29, 0.717) is 0 Å². The maximum absolute atomic E-state index is 6.30. The van der Waals surface area contributed by atoms with Crippen molar-refractivity contribution in [1.82, 2.24) is 4.90 Å². The minimum absolute atomic E-state index is 0.183. The first kappa shape index (κ1) is 15.8. The van der Waals surface area contributed by atoms with Crippen LogP contribution >= 0.6 is 11.6 Å². The van der Waals surface area contributed by atoms with Crippen LogP contribution < -0.4 is 5.73 Å². The van der Waals surface area contributed by atoms with Crippen LogP contribution in [-0.2, 0) is 4.74 Å². The number of hydrogen-bond acceptors (Lipinski definition) is 3. The number of nitrogens with two attached hydrogens (primary N) is 1. The summed E-state index contributed by atoms with van der Waals surface area (Å²) in [6.45, 7) is 5.55. The number of halogens is 1. The van der Waals surface area contributed by atoms with Crippen molar-refractivity contribution in [3.63, 3.8) is 0 Å². The third-order valence-electron chi connectivity index (χ3n) is 4.59. The zero-order chi connectivity index (χ0) is 14.6. The summed E-state index contributed by atoms with van der Waals surface area (Å²) in [5.74, 6) is 0. The third-order valence-corrected chi connectivity index (χ3v) is 4.93. The van der Waals surface area contributed by atoms with Crippen molar-refractivity contribution in [3.05, 3.63) is 34.9 Å². The van der Waals surface area contributed by atoms with E-state index >= 15 is 0 Å². The normalized spacial score (nSPS) is 20.1. The maximum Gasteiger partial charge on any atom is 0.0472 e. The van der Waals surface area contributed by atoms with E-state index < -0.39 is 0 Å². The van der Waals surface area contributed by atoms with Gasteiger partial charge in [0.1, 0.15) is 0 Å². The number of rotatable bonds is 5. The number of nitrogens with zero attached hydrogens (tertiary/aromatic N) is 1. The monoisotopic (exact) mass is 296 g/mol. The lowest BCUT2D eigenvalue weighted by molar-refractivity contribution is -0.00152. The highest BCUT2D eigenvalue weighted by atomic mass is 35.5. The second kappa shape index (κ2) is 6.90. The van der Waals surface area contributed by atoms with Gasteiger partial charge in [-0.25, -0.2) is 0 Å². The van der Waals surface area contributed by atoms with Crippen LogP contribution in [0.2, 0.25) is 5.02 Å². The topological polar surface area (TPSA) is 38.5 Å². The molecule has 3 nitrogen and oxygen atoms in total. The molecule has 0 saturated carbocycles. The van der Waals surface area contributed by atoms with Crippen LogP contribution in [-0.4, -0.2) is 38.3 Å². The highest BCUT2D eigenvalue weighted by Gasteiger charge is 2.33. The molecule has 1 aromatic rings. The molecule has 1 aliphatic rings. The fourth-order valence-corrected chi connectivity index (χ4v) is 3.24. The summed E-state index contributed by atoms with van der Waals surface area (Å²) >= 11 is 6.30. The summed E-state index contributed by atoms with van der Waals surface area (Å²) in [7, 11) is 2.15. The molecule has 1 saturated heterocycles. The Labute approximate surface area is 127 Å². The Morgan fingerprint density at radius 2 is 2.00 bits per heavy atom. The van der Waals surface area contributed by atoms with Gasteiger partial charge in [0.15, 0.2) is 0 Å². The van der Waals surface area contributed by atoms with E-state index in [2.05, 4.69) is 24.9 Å². The second-order valence-electron chi connectivity index (χ2n) is 5.93. The average molecular weight is 297 g/mol. The van der Waals surface area contributed by atoms with Crippen molar-refractivity contribution in [3.8, 4) is 0 Å². The van der Waals surface area contributed by atoms with Gasteiger partial charge in [-0.2, -0.15) is 0 Å². The summed E-state index contributed by atoms with van der Waals surface area (Å²) < 4.78 is 5.48. The molecule has 0 bridgehead atoms. The van der Waals surface area contributed by atoms with Gasteiger partial charge in [-0.1, -0.05) is 29.8 Å². The lowest BCUT2D eigenvalue weighted by Crippen LogP contribution is -2.45. The van der Waals surface area contributed by atoms with Crippen LogP contribution in [0.4, 0.5) is 0 Å². The van der Waals surface area contributed by atoms with E-state index in [4.69, 9.17) is 22.1 Å². The van der Waals surface area contributed by atoms with E-state index in [9.17, 15) is 0 Å². The predicted octanol–water partition coefficient (Wildman–Crippen LogP) is 3.09. The van der Waals surface area contributed by atoms with Crippen LogP contribution in [0.1, 0.15) is 31.4 Å². The van der Waals surface area contributed by atoms with E-state index in [-0.39, 0.29) is 11.5 Å². The maximum atomic E-state index is 6.30. The Morgan fingerprint density at radius 1 is 1.35 bits per heavy atom. The van der Waals surface area contributed by atoms with Crippen LogP contribution in [0.25, 0.3) is 0 Å². The average Bonchev–Trinajstić information content (AvgIpc) is 2.48. The van der Waals surface area contributed by atoms with Gasteiger partial charge in [0.2, 0.25) is 0 Å². The Morgan fingerprint density at radius 3 is 2.60 bits per heavy atom. The zero-order valence-corrected chi connectivity index (χ0v) is 13.2. The molecular formula is C16H25ClN2O. The van der Waals surface area contributed by atoms with Gasteiger partial charge in [-0.05, 0) is 50.4 Å². The molecule has 112 valence electrons. The summed E-state index contributed by atoms with van der Waals surface area (Å²) in [4.78, 5) is 2.36. The highest BCUT2D eigenvalue weighted by Crippen LogP contribution is 2.34.